The van der Waals surface area contributed by atoms with Gasteiger partial charge in [-0.25, -0.2) is 0 Å². The van der Waals surface area contributed by atoms with Crippen LogP contribution >= 0.6 is 0 Å². The van der Waals surface area contributed by atoms with E-state index in [1.165, 1.54) is 49.0 Å². The van der Waals surface area contributed by atoms with Crippen molar-refractivity contribution in [2.45, 2.75) is 25.3 Å². The Morgan fingerprint density at radius 2 is 1.52 bits per heavy atom. The van der Waals surface area contributed by atoms with Gasteiger partial charge >= 0.3 is 0 Å². The van der Waals surface area contributed by atoms with Gasteiger partial charge in [-0.05, 0) is 29.0 Å². The Morgan fingerprint density at radius 3 is 2.17 bits per heavy atom. The zero-order valence-electron chi connectivity index (χ0n) is 13.7. The first-order chi connectivity index (χ1) is 11.4. The lowest BCUT2D eigenvalue weighted by Crippen LogP contribution is -2.45. The van der Waals surface area contributed by atoms with E-state index in [-0.39, 0.29) is 0 Å². The van der Waals surface area contributed by atoms with Crippen LogP contribution in [0, 0.1) is 5.92 Å². The summed E-state index contributed by atoms with van der Waals surface area (Å²) in [5.74, 6) is 0.962. The van der Waals surface area contributed by atoms with Crippen LogP contribution in [-0.2, 0) is 0 Å². The largest absolute Gasteiger partial charge is 0.314 e. The second-order valence-electron chi connectivity index (χ2n) is 6.97. The van der Waals surface area contributed by atoms with Gasteiger partial charge in [0.1, 0.15) is 0 Å². The van der Waals surface area contributed by atoms with Crippen molar-refractivity contribution in [2.75, 3.05) is 26.2 Å². The number of benzene rings is 2. The molecule has 4 rings (SSSR count). The van der Waals surface area contributed by atoms with Crippen molar-refractivity contribution < 1.29 is 0 Å². The molecule has 120 valence electrons. The summed E-state index contributed by atoms with van der Waals surface area (Å²) in [5.41, 5.74) is 4.12. The minimum Gasteiger partial charge on any atom is -0.314 e. The van der Waals surface area contributed by atoms with Gasteiger partial charge in [0, 0.05) is 32.2 Å². The Balaban J connectivity index is 1.55. The lowest BCUT2D eigenvalue weighted by molar-refractivity contribution is 0.160. The van der Waals surface area contributed by atoms with Gasteiger partial charge in [-0.15, -0.1) is 0 Å². The summed E-state index contributed by atoms with van der Waals surface area (Å²) in [6.45, 7) is 4.61. The molecule has 0 unspecified atom stereocenters. The number of hydrogen-bond donors (Lipinski definition) is 1. The van der Waals surface area contributed by atoms with Crippen LogP contribution in [0.3, 0.4) is 0 Å². The number of piperazine rings is 1. The molecule has 1 N–H and O–H groups in total. The highest BCUT2D eigenvalue weighted by Crippen LogP contribution is 2.40. The van der Waals surface area contributed by atoms with Crippen LogP contribution < -0.4 is 5.32 Å². The van der Waals surface area contributed by atoms with Gasteiger partial charge in [0.25, 0.3) is 0 Å². The fraction of sp³-hybridized carbons (Fsp3) is 0.429. The Labute approximate surface area is 139 Å². The molecule has 0 bridgehead atoms. The van der Waals surface area contributed by atoms with Gasteiger partial charge in [-0.3, -0.25) is 4.90 Å². The van der Waals surface area contributed by atoms with Crippen LogP contribution in [0.25, 0.3) is 11.1 Å². The summed E-state index contributed by atoms with van der Waals surface area (Å²) in [7, 11) is 0. The van der Waals surface area contributed by atoms with Crippen molar-refractivity contribution in [1.29, 1.82) is 0 Å². The van der Waals surface area contributed by atoms with Crippen molar-refractivity contribution in [1.82, 2.24) is 10.2 Å². The van der Waals surface area contributed by atoms with Crippen LogP contribution in [0.15, 0.2) is 54.6 Å². The van der Waals surface area contributed by atoms with Gasteiger partial charge in [-0.2, -0.15) is 0 Å². The Bertz CT molecular complexity index is 610. The second kappa shape index (κ2) is 6.86. The highest BCUT2D eigenvalue weighted by atomic mass is 15.2. The lowest BCUT2D eigenvalue weighted by Gasteiger charge is -2.35. The van der Waals surface area contributed by atoms with E-state index in [1.807, 2.05) is 0 Å². The first-order valence-electron chi connectivity index (χ1n) is 9.00. The van der Waals surface area contributed by atoms with Crippen LogP contribution in [0.5, 0.6) is 0 Å². The first-order valence-corrected chi connectivity index (χ1v) is 9.00. The quantitative estimate of drug-likeness (QED) is 0.894. The summed E-state index contributed by atoms with van der Waals surface area (Å²) in [4.78, 5) is 2.69. The third-order valence-electron chi connectivity index (χ3n) is 5.25. The average molecular weight is 306 g/mol. The van der Waals surface area contributed by atoms with Crippen LogP contribution in [0.1, 0.15) is 30.9 Å². The van der Waals surface area contributed by atoms with Gasteiger partial charge in [0.2, 0.25) is 0 Å². The molecule has 2 aromatic rings. The molecular weight excluding hydrogens is 280 g/mol. The van der Waals surface area contributed by atoms with E-state index >= 15 is 0 Å². The standard InChI is InChI=1S/C21H26N2/c1-2-4-18(5-3-1)19-8-10-20(11-9-19)21(16-17-6-7-17)23-14-12-22-13-15-23/h1-5,8-11,17,21-22H,6-7,12-16H2/t21-/m0/s1. The molecule has 2 nitrogen and oxygen atoms in total. The van der Waals surface area contributed by atoms with E-state index in [1.54, 1.807) is 0 Å². The van der Waals surface area contributed by atoms with Crippen molar-refractivity contribution in [3.63, 3.8) is 0 Å². The molecule has 23 heavy (non-hydrogen) atoms. The molecule has 2 heteroatoms. The molecule has 0 spiro atoms. The van der Waals surface area contributed by atoms with E-state index < -0.39 is 0 Å². The number of nitrogens with zero attached hydrogens (tertiary/aromatic N) is 1. The SMILES string of the molecule is c1ccc(-c2ccc([C@H](CC3CC3)N3CCNCC3)cc2)cc1. The molecule has 1 saturated carbocycles. The minimum atomic E-state index is 0.606. The van der Waals surface area contributed by atoms with E-state index in [4.69, 9.17) is 0 Å². The summed E-state index contributed by atoms with van der Waals surface area (Å²) in [5, 5.41) is 3.48. The predicted octanol–water partition coefficient (Wildman–Crippen LogP) is 4.10. The molecule has 1 aliphatic heterocycles. The molecule has 1 aliphatic carbocycles. The molecule has 1 saturated heterocycles. The summed E-state index contributed by atoms with van der Waals surface area (Å²) in [6, 6.07) is 20.6. The topological polar surface area (TPSA) is 15.3 Å². The minimum absolute atomic E-state index is 0.606. The summed E-state index contributed by atoms with van der Waals surface area (Å²) >= 11 is 0. The number of nitrogens with one attached hydrogen (secondary N) is 1. The highest BCUT2D eigenvalue weighted by molar-refractivity contribution is 5.63. The molecular formula is C21H26N2. The number of rotatable bonds is 5. The smallest absolute Gasteiger partial charge is 0.0351 e. The number of hydrogen-bond acceptors (Lipinski definition) is 2. The Morgan fingerprint density at radius 1 is 0.870 bits per heavy atom. The molecule has 0 aromatic heterocycles. The molecule has 2 aliphatic rings. The lowest BCUT2D eigenvalue weighted by atomic mass is 9.96. The average Bonchev–Trinajstić information content (AvgIpc) is 3.46. The summed E-state index contributed by atoms with van der Waals surface area (Å²) in [6.07, 6.45) is 4.21. The fourth-order valence-corrected chi connectivity index (χ4v) is 3.69. The van der Waals surface area contributed by atoms with Gasteiger partial charge in [0.05, 0.1) is 0 Å². The molecule has 1 atom stereocenters. The monoisotopic (exact) mass is 306 g/mol. The zero-order valence-corrected chi connectivity index (χ0v) is 13.7. The maximum absolute atomic E-state index is 3.48. The van der Waals surface area contributed by atoms with E-state index in [9.17, 15) is 0 Å². The van der Waals surface area contributed by atoms with Crippen LogP contribution in [0.2, 0.25) is 0 Å². The van der Waals surface area contributed by atoms with Crippen LogP contribution in [-0.4, -0.2) is 31.1 Å². The molecule has 2 aromatic carbocycles. The highest BCUT2D eigenvalue weighted by Gasteiger charge is 2.30. The zero-order chi connectivity index (χ0) is 15.5. The molecule has 2 fully saturated rings. The third kappa shape index (κ3) is 3.65. The second-order valence-corrected chi connectivity index (χ2v) is 6.97. The van der Waals surface area contributed by atoms with Crippen LogP contribution in [0.4, 0.5) is 0 Å². The molecule has 0 radical (unpaired) electrons. The maximum atomic E-state index is 3.48. The predicted molar refractivity (Wildman–Crippen MR) is 96.4 cm³/mol. The van der Waals surface area contributed by atoms with Gasteiger partial charge < -0.3 is 5.32 Å². The Hall–Kier alpha value is -1.64. The van der Waals surface area contributed by atoms with E-state index in [0.29, 0.717) is 6.04 Å². The summed E-state index contributed by atoms with van der Waals surface area (Å²) < 4.78 is 0. The first kappa shape index (κ1) is 14.9. The normalized spacial score (nSPS) is 20.3. The van der Waals surface area contributed by atoms with Crippen molar-refractivity contribution in [2.24, 2.45) is 5.92 Å². The maximum Gasteiger partial charge on any atom is 0.0351 e. The van der Waals surface area contributed by atoms with Crippen molar-refractivity contribution >= 4 is 0 Å². The van der Waals surface area contributed by atoms with E-state index in [0.717, 1.165) is 19.0 Å². The van der Waals surface area contributed by atoms with Gasteiger partial charge in [-0.1, -0.05) is 67.4 Å². The van der Waals surface area contributed by atoms with Crippen molar-refractivity contribution in [3.05, 3.63) is 60.2 Å². The van der Waals surface area contributed by atoms with Crippen molar-refractivity contribution in [3.8, 4) is 11.1 Å². The van der Waals surface area contributed by atoms with E-state index in [2.05, 4.69) is 64.8 Å². The van der Waals surface area contributed by atoms with Gasteiger partial charge in [0.15, 0.2) is 0 Å². The third-order valence-corrected chi connectivity index (χ3v) is 5.25. The molecule has 0 amide bonds. The fourth-order valence-electron chi connectivity index (χ4n) is 3.69. The Kier molecular flexibility index (Phi) is 4.45. The molecule has 1 heterocycles.